The topological polar surface area (TPSA) is 34.0 Å². The van der Waals surface area contributed by atoms with E-state index in [9.17, 15) is 0 Å². The molecule has 16 heavy (non-hydrogen) atoms. The Labute approximate surface area is 100 Å². The molecule has 3 nitrogen and oxygen atoms in total. The number of nitrogens with zero attached hydrogens (tertiary/aromatic N) is 2. The minimum absolute atomic E-state index is 0. The van der Waals surface area contributed by atoms with Crippen molar-refractivity contribution in [3.63, 3.8) is 0 Å². The normalized spacial score (nSPS) is 19.2. The molecule has 2 aliphatic heterocycles. The number of rotatable bonds is 0. The summed E-state index contributed by atoms with van der Waals surface area (Å²) in [6.45, 7) is 9.63. The third-order valence-electron chi connectivity index (χ3n) is 1.90. The van der Waals surface area contributed by atoms with Gasteiger partial charge in [0, 0.05) is 12.6 Å². The second kappa shape index (κ2) is 7.20. The molecule has 0 bridgehead atoms. The van der Waals surface area contributed by atoms with E-state index in [-0.39, 0.29) is 20.4 Å². The van der Waals surface area contributed by atoms with Crippen LogP contribution in [0.4, 0.5) is 0 Å². The summed E-state index contributed by atoms with van der Waals surface area (Å²) in [7, 11) is 0. The monoisotopic (exact) mass is 226 g/mol. The van der Waals surface area contributed by atoms with Gasteiger partial charge in [0.25, 0.3) is 0 Å². The highest BCUT2D eigenvalue weighted by molar-refractivity contribution is 5.94. The molecule has 0 fully saturated rings. The fourth-order valence-corrected chi connectivity index (χ4v) is 1.24. The minimum Gasteiger partial charge on any atom is -0.479 e. The Hall–Kier alpha value is -1.12. The maximum absolute atomic E-state index is 5.12. The van der Waals surface area contributed by atoms with E-state index in [0.717, 1.165) is 24.8 Å². The molecule has 94 valence electrons. The molecule has 0 aromatic carbocycles. The highest BCUT2D eigenvalue weighted by Gasteiger charge is 2.23. The molecule has 0 saturated heterocycles. The molecule has 2 rings (SSSR count). The van der Waals surface area contributed by atoms with Crippen molar-refractivity contribution in [1.82, 2.24) is 0 Å². The lowest BCUT2D eigenvalue weighted by Gasteiger charge is -2.07. The molecule has 0 saturated carbocycles. The Morgan fingerprint density at radius 2 is 1.88 bits per heavy atom. The van der Waals surface area contributed by atoms with Gasteiger partial charge < -0.3 is 4.74 Å². The summed E-state index contributed by atoms with van der Waals surface area (Å²) in [5.41, 5.74) is 1.18. The maximum atomic E-state index is 5.12. The van der Waals surface area contributed by atoms with Crippen LogP contribution >= 0.6 is 0 Å². The Morgan fingerprint density at radius 1 is 1.25 bits per heavy atom. The fraction of sp³-hybridized carbons (Fsp3) is 0.692. The van der Waals surface area contributed by atoms with Crippen LogP contribution in [0.1, 0.15) is 42.5 Å². The number of hydrogen-bond donors (Lipinski definition) is 0. The average molecular weight is 226 g/mol. The van der Waals surface area contributed by atoms with E-state index in [0.29, 0.717) is 0 Å². The predicted molar refractivity (Wildman–Crippen MR) is 73.7 cm³/mol. The van der Waals surface area contributed by atoms with Crippen LogP contribution in [0.15, 0.2) is 22.1 Å². The zero-order chi connectivity index (χ0) is 10.6. The van der Waals surface area contributed by atoms with Gasteiger partial charge in [-0.1, -0.05) is 20.9 Å². The van der Waals surface area contributed by atoms with Crippen molar-refractivity contribution >= 4 is 11.6 Å². The van der Waals surface area contributed by atoms with Gasteiger partial charge in [0.05, 0.1) is 12.1 Å². The molecule has 0 radical (unpaired) electrons. The average Bonchev–Trinajstić information content (AvgIpc) is 2.62. The first kappa shape index (κ1) is 17.3. The molecule has 0 atom stereocenters. The van der Waals surface area contributed by atoms with E-state index in [4.69, 9.17) is 4.74 Å². The van der Waals surface area contributed by atoms with E-state index in [1.807, 2.05) is 19.9 Å². The lowest BCUT2D eigenvalue weighted by Crippen LogP contribution is -2.17. The van der Waals surface area contributed by atoms with Gasteiger partial charge >= 0.3 is 0 Å². The van der Waals surface area contributed by atoms with Crippen LogP contribution in [0.25, 0.3) is 0 Å². The Bertz CT molecular complexity index is 286. The van der Waals surface area contributed by atoms with Crippen molar-refractivity contribution < 1.29 is 4.74 Å². The van der Waals surface area contributed by atoms with Gasteiger partial charge in [-0.3, -0.25) is 4.99 Å². The highest BCUT2D eigenvalue weighted by Crippen LogP contribution is 2.15. The number of aliphatic imine (C=N–C) groups is 2. The van der Waals surface area contributed by atoms with Gasteiger partial charge in [-0.05, 0) is 26.8 Å². The van der Waals surface area contributed by atoms with Crippen LogP contribution < -0.4 is 0 Å². The molecule has 0 aromatic heterocycles. The van der Waals surface area contributed by atoms with Crippen molar-refractivity contribution in [2.24, 2.45) is 9.98 Å². The van der Waals surface area contributed by atoms with Gasteiger partial charge in [0.1, 0.15) is 6.61 Å². The van der Waals surface area contributed by atoms with E-state index in [1.165, 1.54) is 0 Å². The molecule has 0 aromatic rings. The molecular formula is C13H26N2O. The maximum Gasteiger partial charge on any atom is 0.180 e. The molecule has 0 aliphatic carbocycles. The zero-order valence-corrected chi connectivity index (χ0v) is 9.37. The molecule has 2 aliphatic rings. The van der Waals surface area contributed by atoms with Gasteiger partial charge in [-0.15, -0.1) is 0 Å². The second-order valence-corrected chi connectivity index (χ2v) is 4.12. The SMILES string of the molecule is C.C.CC1=NC(C)(C)CO1.CC1=NCC=C1. The third-order valence-corrected chi connectivity index (χ3v) is 1.90. The number of ether oxygens (including phenoxy) is 1. The first-order valence-corrected chi connectivity index (χ1v) is 4.86. The van der Waals surface area contributed by atoms with Crippen LogP contribution in [0, 0.1) is 0 Å². The lowest BCUT2D eigenvalue weighted by molar-refractivity contribution is 0.277. The molecule has 3 heteroatoms. The molecule has 0 unspecified atom stereocenters. The molecular weight excluding hydrogens is 200 g/mol. The van der Waals surface area contributed by atoms with Crippen LogP contribution in [0.2, 0.25) is 0 Å². The summed E-state index contributed by atoms with van der Waals surface area (Å²) in [5, 5.41) is 0. The summed E-state index contributed by atoms with van der Waals surface area (Å²) >= 11 is 0. The van der Waals surface area contributed by atoms with Crippen molar-refractivity contribution in [3.05, 3.63) is 12.2 Å². The van der Waals surface area contributed by atoms with Crippen LogP contribution in [-0.2, 0) is 4.74 Å². The van der Waals surface area contributed by atoms with Crippen molar-refractivity contribution in [1.29, 1.82) is 0 Å². The van der Waals surface area contributed by atoms with Crippen molar-refractivity contribution in [3.8, 4) is 0 Å². The first-order valence-electron chi connectivity index (χ1n) is 4.86. The largest absolute Gasteiger partial charge is 0.479 e. The Morgan fingerprint density at radius 3 is 2.00 bits per heavy atom. The van der Waals surface area contributed by atoms with Crippen LogP contribution in [0.3, 0.4) is 0 Å². The van der Waals surface area contributed by atoms with E-state index >= 15 is 0 Å². The standard InChI is InChI=1S/C6H11NO.C5H7N.2CH4/c1-5-7-6(2,3)4-8-5;1-5-3-2-4-6-5;;/h4H2,1-3H3;2-3H,4H2,1H3;2*1H4. The van der Waals surface area contributed by atoms with Gasteiger partial charge in [0.15, 0.2) is 5.90 Å². The summed E-state index contributed by atoms with van der Waals surface area (Å²) in [6.07, 6.45) is 4.08. The van der Waals surface area contributed by atoms with Gasteiger partial charge in [-0.2, -0.15) is 0 Å². The van der Waals surface area contributed by atoms with Gasteiger partial charge in [0.2, 0.25) is 0 Å². The number of allylic oxidation sites excluding steroid dienone is 1. The summed E-state index contributed by atoms with van der Waals surface area (Å²) in [4.78, 5) is 8.26. The molecule has 0 N–H and O–H groups in total. The predicted octanol–water partition coefficient (Wildman–Crippen LogP) is 3.50. The Balaban J connectivity index is 0. The number of hydrogen-bond acceptors (Lipinski definition) is 3. The van der Waals surface area contributed by atoms with Crippen LogP contribution in [-0.4, -0.2) is 30.3 Å². The smallest absolute Gasteiger partial charge is 0.180 e. The second-order valence-electron chi connectivity index (χ2n) is 4.12. The van der Waals surface area contributed by atoms with Gasteiger partial charge in [-0.25, -0.2) is 4.99 Å². The first-order chi connectivity index (χ1) is 6.49. The van der Waals surface area contributed by atoms with E-state index < -0.39 is 0 Å². The highest BCUT2D eigenvalue weighted by atomic mass is 16.5. The molecule has 0 amide bonds. The molecule has 2 heterocycles. The zero-order valence-electron chi connectivity index (χ0n) is 9.37. The summed E-state index contributed by atoms with van der Waals surface area (Å²) in [6, 6.07) is 0. The van der Waals surface area contributed by atoms with E-state index in [2.05, 4.69) is 29.9 Å². The van der Waals surface area contributed by atoms with E-state index in [1.54, 1.807) is 0 Å². The lowest BCUT2D eigenvalue weighted by atomic mass is 10.1. The van der Waals surface area contributed by atoms with Crippen molar-refractivity contribution in [2.45, 2.75) is 48.1 Å². The van der Waals surface area contributed by atoms with Crippen molar-refractivity contribution in [2.75, 3.05) is 13.2 Å². The third kappa shape index (κ3) is 6.38. The molecule has 0 spiro atoms. The Kier molecular flexibility index (Phi) is 7.78. The summed E-state index contributed by atoms with van der Waals surface area (Å²) < 4.78 is 5.12. The minimum atomic E-state index is 0. The summed E-state index contributed by atoms with van der Waals surface area (Å²) in [5.74, 6) is 0.815. The quantitative estimate of drug-likeness (QED) is 0.622. The van der Waals surface area contributed by atoms with Crippen LogP contribution in [0.5, 0.6) is 0 Å². The fourth-order valence-electron chi connectivity index (χ4n) is 1.24.